The number of aryl methyl sites for hydroxylation is 1. The van der Waals surface area contributed by atoms with Crippen LogP contribution in [0.15, 0.2) is 18.2 Å². The second-order valence-corrected chi connectivity index (χ2v) is 10.1. The lowest BCUT2D eigenvalue weighted by Crippen LogP contribution is -2.16. The van der Waals surface area contributed by atoms with Crippen molar-refractivity contribution in [3.63, 3.8) is 0 Å². The third-order valence-corrected chi connectivity index (χ3v) is 7.81. The second kappa shape index (κ2) is 12.0. The van der Waals surface area contributed by atoms with Crippen LogP contribution in [-0.4, -0.2) is 0 Å². The standard InChI is InChI=1S/C28H46/c1-3-5-7-9-11-23-13-16-25(17-14-23)27-20-19-26-21-24(12-10-8-6-4-2)15-18-28(26)22-27/h19-20,22-25H,3-18,21H2,1-2H3/t23-,24?,25-. The fraction of sp³-hybridized carbons (Fsp3) is 0.786. The van der Waals surface area contributed by atoms with E-state index in [1.807, 2.05) is 0 Å². The van der Waals surface area contributed by atoms with Gasteiger partial charge in [-0.05, 0) is 79.4 Å². The summed E-state index contributed by atoms with van der Waals surface area (Å²) in [4.78, 5) is 0. The smallest absolute Gasteiger partial charge is 0.0162 e. The van der Waals surface area contributed by atoms with Crippen LogP contribution in [0.4, 0.5) is 0 Å². The molecule has 0 spiro atoms. The summed E-state index contributed by atoms with van der Waals surface area (Å²) < 4.78 is 0. The van der Waals surface area contributed by atoms with E-state index in [9.17, 15) is 0 Å². The largest absolute Gasteiger partial charge is 0.0654 e. The SMILES string of the molecule is CCCCCCC1CCc2cc([C@H]3CC[C@H](CCCCCC)CC3)ccc2C1. The molecule has 0 amide bonds. The van der Waals surface area contributed by atoms with E-state index >= 15 is 0 Å². The Hall–Kier alpha value is -0.780. The summed E-state index contributed by atoms with van der Waals surface area (Å²) in [6.07, 6.45) is 24.3. The number of hydrogen-bond donors (Lipinski definition) is 0. The number of fused-ring (bicyclic) bond motifs is 1. The normalized spacial score (nSPS) is 24.9. The van der Waals surface area contributed by atoms with E-state index in [1.54, 1.807) is 16.7 Å². The highest BCUT2D eigenvalue weighted by molar-refractivity contribution is 5.36. The van der Waals surface area contributed by atoms with Gasteiger partial charge in [0.05, 0.1) is 0 Å². The molecule has 0 nitrogen and oxygen atoms in total. The fourth-order valence-corrected chi connectivity index (χ4v) is 5.85. The van der Waals surface area contributed by atoms with Gasteiger partial charge in [-0.3, -0.25) is 0 Å². The fourth-order valence-electron chi connectivity index (χ4n) is 5.85. The van der Waals surface area contributed by atoms with Gasteiger partial charge in [0, 0.05) is 0 Å². The molecule has 1 saturated carbocycles. The Balaban J connectivity index is 1.44. The molecule has 2 aliphatic rings. The van der Waals surface area contributed by atoms with Crippen LogP contribution in [0.5, 0.6) is 0 Å². The Labute approximate surface area is 175 Å². The predicted octanol–water partition coefficient (Wildman–Crippen LogP) is 9.01. The van der Waals surface area contributed by atoms with Crippen molar-refractivity contribution in [2.75, 3.05) is 0 Å². The summed E-state index contributed by atoms with van der Waals surface area (Å²) in [6, 6.07) is 7.64. The molecule has 2 aliphatic carbocycles. The molecule has 3 rings (SSSR count). The van der Waals surface area contributed by atoms with Crippen LogP contribution in [0.3, 0.4) is 0 Å². The lowest BCUT2D eigenvalue weighted by molar-refractivity contribution is 0.302. The first-order valence-electron chi connectivity index (χ1n) is 12.9. The van der Waals surface area contributed by atoms with Crippen molar-refractivity contribution >= 4 is 0 Å². The van der Waals surface area contributed by atoms with E-state index < -0.39 is 0 Å². The first kappa shape index (κ1) is 21.9. The van der Waals surface area contributed by atoms with E-state index in [-0.39, 0.29) is 0 Å². The maximum atomic E-state index is 2.62. The highest BCUT2D eigenvalue weighted by Crippen LogP contribution is 2.39. The first-order chi connectivity index (χ1) is 13.8. The molecular formula is C28H46. The van der Waals surface area contributed by atoms with Crippen molar-refractivity contribution in [1.29, 1.82) is 0 Å². The van der Waals surface area contributed by atoms with Crippen LogP contribution in [0.25, 0.3) is 0 Å². The van der Waals surface area contributed by atoms with Gasteiger partial charge in [0.25, 0.3) is 0 Å². The van der Waals surface area contributed by atoms with Crippen LogP contribution in [0, 0.1) is 11.8 Å². The van der Waals surface area contributed by atoms with Crippen LogP contribution in [-0.2, 0) is 12.8 Å². The Bertz CT molecular complexity index is 549. The van der Waals surface area contributed by atoms with Crippen LogP contribution >= 0.6 is 0 Å². The minimum absolute atomic E-state index is 0.851. The molecule has 0 radical (unpaired) electrons. The molecule has 0 aromatic heterocycles. The number of benzene rings is 1. The molecule has 1 atom stereocenters. The Morgan fingerprint density at radius 3 is 2.04 bits per heavy atom. The molecule has 0 bridgehead atoms. The van der Waals surface area contributed by atoms with Gasteiger partial charge >= 0.3 is 0 Å². The number of rotatable bonds is 11. The molecule has 158 valence electrons. The molecule has 1 aromatic carbocycles. The Morgan fingerprint density at radius 2 is 1.36 bits per heavy atom. The van der Waals surface area contributed by atoms with Crippen molar-refractivity contribution in [2.24, 2.45) is 11.8 Å². The van der Waals surface area contributed by atoms with Crippen LogP contribution < -0.4 is 0 Å². The highest BCUT2D eigenvalue weighted by atomic mass is 14.3. The molecule has 1 aromatic rings. The van der Waals surface area contributed by atoms with Gasteiger partial charge in [0.15, 0.2) is 0 Å². The third kappa shape index (κ3) is 6.64. The van der Waals surface area contributed by atoms with Crippen molar-refractivity contribution in [3.8, 4) is 0 Å². The number of unbranched alkanes of at least 4 members (excludes halogenated alkanes) is 6. The second-order valence-electron chi connectivity index (χ2n) is 10.1. The summed E-state index contributed by atoms with van der Waals surface area (Å²) in [5, 5.41) is 0. The molecular weight excluding hydrogens is 336 g/mol. The average molecular weight is 383 g/mol. The minimum atomic E-state index is 0.851. The molecule has 0 aliphatic heterocycles. The first-order valence-corrected chi connectivity index (χ1v) is 12.9. The molecule has 0 N–H and O–H groups in total. The predicted molar refractivity (Wildman–Crippen MR) is 124 cm³/mol. The summed E-state index contributed by atoms with van der Waals surface area (Å²) in [5.74, 6) is 2.83. The minimum Gasteiger partial charge on any atom is -0.0654 e. The van der Waals surface area contributed by atoms with Crippen molar-refractivity contribution < 1.29 is 0 Å². The Morgan fingerprint density at radius 1 is 0.679 bits per heavy atom. The summed E-state index contributed by atoms with van der Waals surface area (Å²) >= 11 is 0. The van der Waals surface area contributed by atoms with Gasteiger partial charge in [0.2, 0.25) is 0 Å². The van der Waals surface area contributed by atoms with Crippen LogP contribution in [0.1, 0.15) is 133 Å². The van der Waals surface area contributed by atoms with Gasteiger partial charge in [-0.25, -0.2) is 0 Å². The molecule has 1 unspecified atom stereocenters. The zero-order valence-electron chi connectivity index (χ0n) is 19.0. The van der Waals surface area contributed by atoms with Crippen LogP contribution in [0.2, 0.25) is 0 Å². The van der Waals surface area contributed by atoms with E-state index in [2.05, 4.69) is 32.0 Å². The van der Waals surface area contributed by atoms with Gasteiger partial charge < -0.3 is 0 Å². The lowest BCUT2D eigenvalue weighted by Gasteiger charge is -2.30. The quantitative estimate of drug-likeness (QED) is 0.335. The van der Waals surface area contributed by atoms with Crippen molar-refractivity contribution in [1.82, 2.24) is 0 Å². The van der Waals surface area contributed by atoms with E-state index in [1.165, 1.54) is 109 Å². The maximum Gasteiger partial charge on any atom is -0.0162 e. The third-order valence-electron chi connectivity index (χ3n) is 7.81. The molecule has 0 saturated heterocycles. The van der Waals surface area contributed by atoms with E-state index in [0.717, 1.165) is 17.8 Å². The lowest BCUT2D eigenvalue weighted by atomic mass is 9.75. The van der Waals surface area contributed by atoms with Crippen molar-refractivity contribution in [3.05, 3.63) is 34.9 Å². The average Bonchev–Trinajstić information content (AvgIpc) is 2.74. The zero-order valence-corrected chi connectivity index (χ0v) is 19.0. The highest BCUT2D eigenvalue weighted by Gasteiger charge is 2.24. The zero-order chi connectivity index (χ0) is 19.6. The summed E-state index contributed by atoms with van der Waals surface area (Å²) in [6.45, 7) is 4.63. The van der Waals surface area contributed by atoms with Gasteiger partial charge in [-0.1, -0.05) is 96.3 Å². The van der Waals surface area contributed by atoms with E-state index in [0.29, 0.717) is 0 Å². The van der Waals surface area contributed by atoms with Gasteiger partial charge in [-0.15, -0.1) is 0 Å². The number of hydrogen-bond acceptors (Lipinski definition) is 0. The molecule has 1 fully saturated rings. The van der Waals surface area contributed by atoms with Gasteiger partial charge in [0.1, 0.15) is 0 Å². The summed E-state index contributed by atoms with van der Waals surface area (Å²) in [5.41, 5.74) is 5.05. The molecule has 0 heteroatoms. The topological polar surface area (TPSA) is 0 Å². The molecule has 28 heavy (non-hydrogen) atoms. The monoisotopic (exact) mass is 382 g/mol. The van der Waals surface area contributed by atoms with Crippen molar-refractivity contribution in [2.45, 2.75) is 129 Å². The van der Waals surface area contributed by atoms with E-state index in [4.69, 9.17) is 0 Å². The molecule has 0 heterocycles. The summed E-state index contributed by atoms with van der Waals surface area (Å²) in [7, 11) is 0. The van der Waals surface area contributed by atoms with Gasteiger partial charge in [-0.2, -0.15) is 0 Å². The maximum absolute atomic E-state index is 2.62. The Kier molecular flexibility index (Phi) is 9.42.